The number of benzene rings is 3. The molecule has 2 amide bonds. The molecule has 0 saturated heterocycles. The van der Waals surface area contributed by atoms with Crippen LogP contribution in [-0.4, -0.2) is 44.3 Å². The quantitative estimate of drug-likeness (QED) is 0.292. The van der Waals surface area contributed by atoms with Crippen LogP contribution in [0.25, 0.3) is 0 Å². The number of anilines is 1. The Morgan fingerprint density at radius 3 is 2.17 bits per heavy atom. The van der Waals surface area contributed by atoms with E-state index in [-0.39, 0.29) is 17.3 Å². The minimum absolute atomic E-state index is 0.0149. The van der Waals surface area contributed by atoms with Crippen molar-refractivity contribution in [2.45, 2.75) is 64.9 Å². The van der Waals surface area contributed by atoms with Gasteiger partial charge < -0.3 is 10.2 Å². The van der Waals surface area contributed by atoms with Crippen LogP contribution in [0.3, 0.4) is 0 Å². The number of carbonyl (C=O) groups is 2. The molecule has 3 rings (SSSR count). The number of aryl methyl sites for hydroxylation is 3. The van der Waals surface area contributed by atoms with Gasteiger partial charge in [-0.1, -0.05) is 55.8 Å². The summed E-state index contributed by atoms with van der Waals surface area (Å²) >= 11 is 6.02. The van der Waals surface area contributed by atoms with E-state index in [1.54, 1.807) is 12.1 Å². The number of carbonyl (C=O) groups excluding carboxylic acids is 2. The van der Waals surface area contributed by atoms with Crippen LogP contribution in [0.15, 0.2) is 71.6 Å². The largest absolute Gasteiger partial charge is 0.354 e. The SMILES string of the molecule is CCCNC(=O)[C@H](CC)N(Cc1ccccc1C)C(=O)CN(c1ccc(C)c(C)c1)S(=O)(=O)c1ccc(Cl)cc1. The zero-order valence-corrected chi connectivity index (χ0v) is 25.3. The van der Waals surface area contributed by atoms with Gasteiger partial charge in [0.25, 0.3) is 10.0 Å². The van der Waals surface area contributed by atoms with Crippen molar-refractivity contribution in [3.05, 3.63) is 94.0 Å². The third kappa shape index (κ3) is 7.43. The number of rotatable bonds is 12. The summed E-state index contributed by atoms with van der Waals surface area (Å²) < 4.78 is 29.0. The van der Waals surface area contributed by atoms with Gasteiger partial charge in [0.1, 0.15) is 12.6 Å². The van der Waals surface area contributed by atoms with E-state index in [9.17, 15) is 18.0 Å². The lowest BCUT2D eigenvalue weighted by Crippen LogP contribution is -2.52. The molecular weight excluding hydrogens is 546 g/mol. The van der Waals surface area contributed by atoms with Crippen LogP contribution in [0, 0.1) is 20.8 Å². The molecule has 0 aliphatic rings. The van der Waals surface area contributed by atoms with Crippen molar-refractivity contribution in [3.8, 4) is 0 Å². The molecule has 0 aliphatic heterocycles. The van der Waals surface area contributed by atoms with E-state index in [0.29, 0.717) is 23.7 Å². The number of sulfonamides is 1. The van der Waals surface area contributed by atoms with Gasteiger partial charge in [-0.2, -0.15) is 0 Å². The molecule has 0 aliphatic carbocycles. The lowest BCUT2D eigenvalue weighted by atomic mass is 10.1. The lowest BCUT2D eigenvalue weighted by molar-refractivity contribution is -0.140. The summed E-state index contributed by atoms with van der Waals surface area (Å²) in [4.78, 5) is 28.8. The maximum atomic E-state index is 14.1. The maximum Gasteiger partial charge on any atom is 0.264 e. The molecule has 214 valence electrons. The molecule has 0 fully saturated rings. The topological polar surface area (TPSA) is 86.8 Å². The predicted octanol–water partition coefficient (Wildman–Crippen LogP) is 5.79. The second kappa shape index (κ2) is 13.8. The van der Waals surface area contributed by atoms with Crippen molar-refractivity contribution in [1.82, 2.24) is 10.2 Å². The van der Waals surface area contributed by atoms with E-state index in [4.69, 9.17) is 11.6 Å². The van der Waals surface area contributed by atoms with Gasteiger partial charge in [0.15, 0.2) is 0 Å². The fourth-order valence-electron chi connectivity index (χ4n) is 4.40. The van der Waals surface area contributed by atoms with Crippen LogP contribution in [0.5, 0.6) is 0 Å². The average Bonchev–Trinajstić information content (AvgIpc) is 2.93. The van der Waals surface area contributed by atoms with E-state index in [2.05, 4.69) is 5.32 Å². The summed E-state index contributed by atoms with van der Waals surface area (Å²) in [6.07, 6.45) is 1.13. The molecule has 0 bridgehead atoms. The van der Waals surface area contributed by atoms with Crippen molar-refractivity contribution in [1.29, 1.82) is 0 Å². The Hall–Kier alpha value is -3.36. The highest BCUT2D eigenvalue weighted by atomic mass is 35.5. The fourth-order valence-corrected chi connectivity index (χ4v) is 5.93. The monoisotopic (exact) mass is 583 g/mol. The highest BCUT2D eigenvalue weighted by Gasteiger charge is 2.33. The van der Waals surface area contributed by atoms with Crippen LogP contribution < -0.4 is 9.62 Å². The third-order valence-electron chi connectivity index (χ3n) is 7.00. The molecule has 0 spiro atoms. The summed E-state index contributed by atoms with van der Waals surface area (Å²) in [5.41, 5.74) is 4.12. The zero-order valence-electron chi connectivity index (χ0n) is 23.8. The maximum absolute atomic E-state index is 14.1. The lowest BCUT2D eigenvalue weighted by Gasteiger charge is -2.33. The molecule has 0 unspecified atom stereocenters. The van der Waals surface area contributed by atoms with Crippen LogP contribution in [0.4, 0.5) is 5.69 Å². The number of nitrogens with zero attached hydrogens (tertiary/aromatic N) is 2. The molecule has 3 aromatic carbocycles. The Kier molecular flexibility index (Phi) is 10.8. The summed E-state index contributed by atoms with van der Waals surface area (Å²) in [6.45, 7) is 9.77. The van der Waals surface area contributed by atoms with Crippen molar-refractivity contribution in [2.24, 2.45) is 0 Å². The van der Waals surface area contributed by atoms with E-state index in [0.717, 1.165) is 33.0 Å². The smallest absolute Gasteiger partial charge is 0.264 e. The molecule has 1 atom stereocenters. The number of hydrogen-bond donors (Lipinski definition) is 1. The first-order chi connectivity index (χ1) is 19.0. The molecule has 0 saturated carbocycles. The summed E-state index contributed by atoms with van der Waals surface area (Å²) in [5, 5.41) is 3.31. The molecule has 3 aromatic rings. The molecular formula is C31H38ClN3O4S. The molecule has 1 N–H and O–H groups in total. The number of nitrogens with one attached hydrogen (secondary N) is 1. The summed E-state index contributed by atoms with van der Waals surface area (Å²) in [7, 11) is -4.15. The summed E-state index contributed by atoms with van der Waals surface area (Å²) in [6, 6.07) is 18.0. The van der Waals surface area contributed by atoms with Crippen molar-refractivity contribution in [2.75, 3.05) is 17.4 Å². The first-order valence-electron chi connectivity index (χ1n) is 13.5. The highest BCUT2D eigenvalue weighted by Crippen LogP contribution is 2.27. The second-order valence-corrected chi connectivity index (χ2v) is 12.2. The third-order valence-corrected chi connectivity index (χ3v) is 9.04. The predicted molar refractivity (Wildman–Crippen MR) is 161 cm³/mol. The Morgan fingerprint density at radius 1 is 0.900 bits per heavy atom. The van der Waals surface area contributed by atoms with Gasteiger partial charge in [-0.25, -0.2) is 8.42 Å². The van der Waals surface area contributed by atoms with Gasteiger partial charge in [0.05, 0.1) is 10.6 Å². The molecule has 9 heteroatoms. The number of halogens is 1. The van der Waals surface area contributed by atoms with Crippen LogP contribution >= 0.6 is 11.6 Å². The molecule has 40 heavy (non-hydrogen) atoms. The minimum atomic E-state index is -4.15. The molecule has 7 nitrogen and oxygen atoms in total. The normalized spacial score (nSPS) is 12.1. The van der Waals surface area contributed by atoms with Crippen LogP contribution in [0.2, 0.25) is 5.02 Å². The number of amides is 2. The van der Waals surface area contributed by atoms with Crippen molar-refractivity contribution < 1.29 is 18.0 Å². The Morgan fingerprint density at radius 2 is 1.57 bits per heavy atom. The highest BCUT2D eigenvalue weighted by molar-refractivity contribution is 7.92. The van der Waals surface area contributed by atoms with E-state index in [1.165, 1.54) is 29.2 Å². The van der Waals surface area contributed by atoms with E-state index >= 15 is 0 Å². The molecule has 0 aromatic heterocycles. The molecule has 0 radical (unpaired) electrons. The Balaban J connectivity index is 2.09. The van der Waals surface area contributed by atoms with Crippen LogP contribution in [-0.2, 0) is 26.2 Å². The van der Waals surface area contributed by atoms with Gasteiger partial charge in [-0.15, -0.1) is 0 Å². The van der Waals surface area contributed by atoms with Gasteiger partial charge in [0, 0.05) is 18.1 Å². The van der Waals surface area contributed by atoms with Crippen molar-refractivity contribution >= 4 is 39.1 Å². The van der Waals surface area contributed by atoms with Gasteiger partial charge in [0.2, 0.25) is 11.8 Å². The van der Waals surface area contributed by atoms with Gasteiger partial charge in [-0.3, -0.25) is 13.9 Å². The van der Waals surface area contributed by atoms with Gasteiger partial charge >= 0.3 is 0 Å². The van der Waals surface area contributed by atoms with Crippen molar-refractivity contribution in [3.63, 3.8) is 0 Å². The standard InChI is InChI=1S/C31H38ClN3O4S/c1-6-18-33-31(37)29(7-2)34(20-25-11-9-8-10-23(25)4)30(36)21-35(27-15-12-22(3)24(5)19-27)40(38,39)28-16-13-26(32)14-17-28/h8-17,19,29H,6-7,18,20-21H2,1-5H3,(H,33,37)/t29-/m0/s1. The fraction of sp³-hybridized carbons (Fsp3) is 0.355. The minimum Gasteiger partial charge on any atom is -0.354 e. The average molecular weight is 584 g/mol. The summed E-state index contributed by atoms with van der Waals surface area (Å²) in [5.74, 6) is -0.734. The first kappa shape index (κ1) is 31.2. The Bertz CT molecular complexity index is 1440. The van der Waals surface area contributed by atoms with Crippen LogP contribution in [0.1, 0.15) is 48.9 Å². The number of hydrogen-bond acceptors (Lipinski definition) is 4. The zero-order chi connectivity index (χ0) is 29.4. The molecule has 0 heterocycles. The van der Waals surface area contributed by atoms with E-state index in [1.807, 2.05) is 65.0 Å². The van der Waals surface area contributed by atoms with E-state index < -0.39 is 28.5 Å². The van der Waals surface area contributed by atoms with Gasteiger partial charge in [-0.05, 0) is 92.3 Å². The first-order valence-corrected chi connectivity index (χ1v) is 15.3. The second-order valence-electron chi connectivity index (χ2n) is 9.90. The Labute approximate surface area is 243 Å².